The molecule has 0 aliphatic heterocycles. The number of hydrogen-bond donors (Lipinski definition) is 0. The number of benzene rings is 3. The Morgan fingerprint density at radius 3 is 1.81 bits per heavy atom. The Bertz CT molecular complexity index is 1080. The summed E-state index contributed by atoms with van der Waals surface area (Å²) >= 11 is 0. The maximum Gasteiger partial charge on any atom is 0.170 e. The summed E-state index contributed by atoms with van der Waals surface area (Å²) in [7, 11) is 0. The first kappa shape index (κ1) is 23.2. The van der Waals surface area contributed by atoms with Gasteiger partial charge in [0.25, 0.3) is 0 Å². The normalized spacial score (nSPS) is 11.5. The molecule has 0 atom stereocenters. The Kier molecular flexibility index (Phi) is 7.42. The lowest BCUT2D eigenvalue weighted by molar-refractivity contribution is 0.0894. The molecule has 0 N–H and O–H groups in total. The number of ketones is 2. The van der Waals surface area contributed by atoms with Crippen LogP contribution < -0.4 is 4.74 Å². The van der Waals surface area contributed by atoms with E-state index in [1.54, 1.807) is 36.4 Å². The number of Topliss-reactive ketones (excluding diaryl/α,β-unsaturated/α-hetero) is 2. The Balaban J connectivity index is 1.55. The van der Waals surface area contributed by atoms with Gasteiger partial charge in [-0.25, -0.2) is 0 Å². The van der Waals surface area contributed by atoms with Crippen LogP contribution in [0.4, 0.5) is 0 Å². The van der Waals surface area contributed by atoms with Crippen molar-refractivity contribution in [3.63, 3.8) is 0 Å². The van der Waals surface area contributed by atoms with E-state index in [0.29, 0.717) is 23.5 Å². The Hall–Kier alpha value is -3.46. The van der Waals surface area contributed by atoms with Crippen LogP contribution in [0.5, 0.6) is 5.75 Å². The van der Waals surface area contributed by atoms with E-state index in [1.807, 2.05) is 55.5 Å². The highest BCUT2D eigenvalue weighted by Gasteiger charge is 2.17. The third-order valence-corrected chi connectivity index (χ3v) is 5.31. The van der Waals surface area contributed by atoms with Crippen LogP contribution >= 0.6 is 0 Å². The summed E-state index contributed by atoms with van der Waals surface area (Å²) in [4.78, 5) is 25.1. The van der Waals surface area contributed by atoms with Crippen LogP contribution in [-0.2, 0) is 12.0 Å². The standard InChI is InChI=1S/C29H30O3/c1-5-6-21-7-9-22(10-8-21)20-32-26-17-13-24(14-18-26)28(31)19-27(30)23-11-15-25(16-12-23)29(2,3)4/h5-18H,19-20H2,1-4H3/b6-5+. The van der Waals surface area contributed by atoms with Gasteiger partial charge in [0.05, 0.1) is 6.42 Å². The third-order valence-electron chi connectivity index (χ3n) is 5.31. The molecule has 3 aromatic rings. The molecule has 3 nitrogen and oxygen atoms in total. The predicted molar refractivity (Wildman–Crippen MR) is 130 cm³/mol. The van der Waals surface area contributed by atoms with Crippen molar-refractivity contribution in [3.05, 3.63) is 107 Å². The predicted octanol–water partition coefficient (Wildman–Crippen LogP) is 7.05. The summed E-state index contributed by atoms with van der Waals surface area (Å²) in [5.74, 6) is 0.321. The van der Waals surface area contributed by atoms with Gasteiger partial charge in [-0.3, -0.25) is 9.59 Å². The fourth-order valence-corrected chi connectivity index (χ4v) is 3.33. The molecule has 0 saturated heterocycles. The molecular formula is C29H30O3. The number of carbonyl (C=O) groups is 2. The van der Waals surface area contributed by atoms with Crippen molar-refractivity contribution in [1.82, 2.24) is 0 Å². The topological polar surface area (TPSA) is 43.4 Å². The molecule has 0 bridgehead atoms. The molecule has 0 unspecified atom stereocenters. The van der Waals surface area contributed by atoms with Gasteiger partial charge in [0, 0.05) is 11.1 Å². The second kappa shape index (κ2) is 10.2. The highest BCUT2D eigenvalue weighted by molar-refractivity contribution is 6.13. The molecule has 0 spiro atoms. The molecule has 0 aromatic heterocycles. The van der Waals surface area contributed by atoms with E-state index in [4.69, 9.17) is 4.74 Å². The molecular weight excluding hydrogens is 396 g/mol. The number of hydrogen-bond acceptors (Lipinski definition) is 3. The van der Waals surface area contributed by atoms with E-state index >= 15 is 0 Å². The average Bonchev–Trinajstić information content (AvgIpc) is 2.78. The zero-order chi connectivity index (χ0) is 23.1. The summed E-state index contributed by atoms with van der Waals surface area (Å²) in [5.41, 5.74) is 4.47. The molecule has 3 heteroatoms. The summed E-state index contributed by atoms with van der Waals surface area (Å²) in [6.07, 6.45) is 3.91. The van der Waals surface area contributed by atoms with Crippen molar-refractivity contribution in [2.24, 2.45) is 0 Å². The molecule has 0 radical (unpaired) electrons. The van der Waals surface area contributed by atoms with Crippen molar-refractivity contribution in [2.75, 3.05) is 0 Å². The minimum Gasteiger partial charge on any atom is -0.489 e. The first-order valence-electron chi connectivity index (χ1n) is 10.9. The van der Waals surface area contributed by atoms with Gasteiger partial charge in [0.2, 0.25) is 0 Å². The van der Waals surface area contributed by atoms with Crippen molar-refractivity contribution in [3.8, 4) is 5.75 Å². The SMILES string of the molecule is C/C=C/c1ccc(COc2ccc(C(=O)CC(=O)c3ccc(C(C)(C)C)cc3)cc2)cc1. The molecule has 0 aliphatic rings. The molecule has 3 rings (SSSR count). The first-order chi connectivity index (χ1) is 15.3. The first-order valence-corrected chi connectivity index (χ1v) is 10.9. The summed E-state index contributed by atoms with van der Waals surface area (Å²) in [6.45, 7) is 8.82. The molecule has 0 fully saturated rings. The molecule has 0 amide bonds. The largest absolute Gasteiger partial charge is 0.489 e. The van der Waals surface area contributed by atoms with Gasteiger partial charge in [-0.1, -0.05) is 81.5 Å². The highest BCUT2D eigenvalue weighted by Crippen LogP contribution is 2.23. The van der Waals surface area contributed by atoms with Crippen LogP contribution in [-0.4, -0.2) is 11.6 Å². The minimum atomic E-state index is -0.194. The lowest BCUT2D eigenvalue weighted by Gasteiger charge is -2.18. The van der Waals surface area contributed by atoms with Crippen LogP contribution in [0.1, 0.15) is 71.5 Å². The Morgan fingerprint density at radius 1 is 0.781 bits per heavy atom. The van der Waals surface area contributed by atoms with Gasteiger partial charge in [0.1, 0.15) is 12.4 Å². The van der Waals surface area contributed by atoms with Crippen molar-refractivity contribution >= 4 is 17.6 Å². The number of ether oxygens (including phenoxy) is 1. The van der Waals surface area contributed by atoms with E-state index in [1.165, 1.54) is 0 Å². The van der Waals surface area contributed by atoms with Crippen LogP contribution in [0.15, 0.2) is 78.9 Å². The number of rotatable bonds is 8. The third kappa shape index (κ3) is 6.27. The quantitative estimate of drug-likeness (QED) is 0.286. The van der Waals surface area contributed by atoms with Gasteiger partial charge in [-0.2, -0.15) is 0 Å². The van der Waals surface area contributed by atoms with Gasteiger partial charge < -0.3 is 4.74 Å². The molecule has 0 aliphatic carbocycles. The van der Waals surface area contributed by atoms with E-state index in [0.717, 1.165) is 16.7 Å². The minimum absolute atomic E-state index is 0.0249. The molecule has 0 saturated carbocycles. The number of allylic oxidation sites excluding steroid dienone is 1. The molecule has 0 heterocycles. The molecule has 164 valence electrons. The fraction of sp³-hybridized carbons (Fsp3) is 0.241. The lowest BCUT2D eigenvalue weighted by Crippen LogP contribution is -2.12. The van der Waals surface area contributed by atoms with Crippen LogP contribution in [0.2, 0.25) is 0 Å². The van der Waals surface area contributed by atoms with Crippen molar-refractivity contribution in [2.45, 2.75) is 46.1 Å². The van der Waals surface area contributed by atoms with Crippen LogP contribution in [0.3, 0.4) is 0 Å². The van der Waals surface area contributed by atoms with E-state index in [2.05, 4.69) is 20.8 Å². The van der Waals surface area contributed by atoms with Crippen molar-refractivity contribution in [1.29, 1.82) is 0 Å². The molecule has 32 heavy (non-hydrogen) atoms. The summed E-state index contributed by atoms with van der Waals surface area (Å²) in [5, 5.41) is 0. The van der Waals surface area contributed by atoms with Crippen molar-refractivity contribution < 1.29 is 14.3 Å². The Morgan fingerprint density at radius 2 is 1.31 bits per heavy atom. The van der Waals surface area contributed by atoms with Gasteiger partial charge in [-0.05, 0) is 53.3 Å². The maximum absolute atomic E-state index is 12.6. The Labute approximate surface area is 190 Å². The second-order valence-electron chi connectivity index (χ2n) is 8.91. The average molecular weight is 427 g/mol. The lowest BCUT2D eigenvalue weighted by atomic mass is 9.86. The van der Waals surface area contributed by atoms with Gasteiger partial charge in [-0.15, -0.1) is 0 Å². The molecule has 3 aromatic carbocycles. The van der Waals surface area contributed by atoms with Crippen LogP contribution in [0.25, 0.3) is 6.08 Å². The van der Waals surface area contributed by atoms with E-state index < -0.39 is 0 Å². The fourth-order valence-electron chi connectivity index (χ4n) is 3.33. The highest BCUT2D eigenvalue weighted by atomic mass is 16.5. The zero-order valence-corrected chi connectivity index (χ0v) is 19.2. The smallest absolute Gasteiger partial charge is 0.170 e. The maximum atomic E-state index is 12.6. The summed E-state index contributed by atoms with van der Waals surface area (Å²) in [6, 6.07) is 22.6. The summed E-state index contributed by atoms with van der Waals surface area (Å²) < 4.78 is 5.82. The van der Waals surface area contributed by atoms with E-state index in [-0.39, 0.29) is 23.4 Å². The van der Waals surface area contributed by atoms with Gasteiger partial charge >= 0.3 is 0 Å². The monoisotopic (exact) mass is 426 g/mol. The van der Waals surface area contributed by atoms with E-state index in [9.17, 15) is 9.59 Å². The van der Waals surface area contributed by atoms with Crippen LogP contribution in [0, 0.1) is 0 Å². The number of carbonyl (C=O) groups excluding carboxylic acids is 2. The second-order valence-corrected chi connectivity index (χ2v) is 8.91. The van der Waals surface area contributed by atoms with Gasteiger partial charge in [0.15, 0.2) is 11.6 Å². The zero-order valence-electron chi connectivity index (χ0n) is 19.2.